The number of nitrogens with zero attached hydrogens (tertiary/aromatic N) is 5. The van der Waals surface area contributed by atoms with Gasteiger partial charge < -0.3 is 4.57 Å². The first-order valence-electron chi connectivity index (χ1n) is 8.08. The minimum atomic E-state index is -0.375. The van der Waals surface area contributed by atoms with Crippen LogP contribution in [-0.4, -0.2) is 23.1 Å². The van der Waals surface area contributed by atoms with Crippen LogP contribution in [-0.2, 0) is 20.6 Å². The molecule has 25 heavy (non-hydrogen) atoms. The molecular weight excluding hydrogens is 318 g/mol. The molecular formula is C18H19N5O2. The predicted molar refractivity (Wildman–Crippen MR) is 96.2 cm³/mol. The average molecular weight is 337 g/mol. The first kappa shape index (κ1) is 15.4. The van der Waals surface area contributed by atoms with Gasteiger partial charge in [0.15, 0.2) is 11.2 Å². The van der Waals surface area contributed by atoms with E-state index in [1.807, 2.05) is 19.2 Å². The standard InChI is InChI=1S/C18H19N5O2/c1-11-6-5-7-13(8-11)10-22-12(2)9-23-14-15(19-17(22)23)20(3)18(25)21(4)16(14)24/h5-9H,10H2,1-4H3. The van der Waals surface area contributed by atoms with Crippen molar-refractivity contribution in [3.63, 3.8) is 0 Å². The minimum Gasteiger partial charge on any atom is -0.310 e. The van der Waals surface area contributed by atoms with Gasteiger partial charge in [-0.05, 0) is 19.4 Å². The first-order valence-corrected chi connectivity index (χ1v) is 8.08. The zero-order chi connectivity index (χ0) is 17.9. The van der Waals surface area contributed by atoms with Crippen LogP contribution < -0.4 is 11.2 Å². The summed E-state index contributed by atoms with van der Waals surface area (Å²) < 4.78 is 6.36. The number of aryl methyl sites for hydroxylation is 3. The van der Waals surface area contributed by atoms with Crippen LogP contribution in [0, 0.1) is 13.8 Å². The van der Waals surface area contributed by atoms with Crippen molar-refractivity contribution in [1.82, 2.24) is 23.1 Å². The Labute approximate surface area is 143 Å². The maximum atomic E-state index is 12.6. The number of fused-ring (bicyclic) bond motifs is 3. The molecule has 4 rings (SSSR count). The molecule has 0 N–H and O–H groups in total. The van der Waals surface area contributed by atoms with E-state index in [0.29, 0.717) is 23.5 Å². The fraction of sp³-hybridized carbons (Fsp3) is 0.278. The molecule has 0 atom stereocenters. The van der Waals surface area contributed by atoms with Crippen molar-refractivity contribution in [2.45, 2.75) is 20.4 Å². The zero-order valence-corrected chi connectivity index (χ0v) is 14.6. The first-order chi connectivity index (χ1) is 11.9. The molecule has 0 fully saturated rings. The zero-order valence-electron chi connectivity index (χ0n) is 14.6. The highest BCUT2D eigenvalue weighted by Gasteiger charge is 2.18. The minimum absolute atomic E-state index is 0.335. The lowest BCUT2D eigenvalue weighted by atomic mass is 10.1. The van der Waals surface area contributed by atoms with Crippen molar-refractivity contribution in [3.8, 4) is 0 Å². The van der Waals surface area contributed by atoms with Gasteiger partial charge in [0.2, 0.25) is 5.78 Å². The van der Waals surface area contributed by atoms with Gasteiger partial charge >= 0.3 is 5.69 Å². The van der Waals surface area contributed by atoms with E-state index in [9.17, 15) is 9.59 Å². The molecule has 128 valence electrons. The van der Waals surface area contributed by atoms with Gasteiger partial charge in [0.1, 0.15) is 0 Å². The Balaban J connectivity index is 2.03. The number of aromatic nitrogens is 5. The van der Waals surface area contributed by atoms with E-state index in [1.54, 1.807) is 11.4 Å². The summed E-state index contributed by atoms with van der Waals surface area (Å²) in [6.45, 7) is 4.70. The molecule has 1 aromatic carbocycles. The summed E-state index contributed by atoms with van der Waals surface area (Å²) in [5, 5.41) is 0. The number of imidazole rings is 2. The molecule has 0 spiro atoms. The monoisotopic (exact) mass is 337 g/mol. The SMILES string of the molecule is Cc1cccc(Cn2c(C)cn3c4c(=O)n(C)c(=O)n(C)c4nc23)c1. The van der Waals surface area contributed by atoms with E-state index in [1.165, 1.54) is 17.2 Å². The summed E-state index contributed by atoms with van der Waals surface area (Å²) in [7, 11) is 3.12. The Hall–Kier alpha value is -3.09. The molecule has 7 nitrogen and oxygen atoms in total. The average Bonchev–Trinajstić information content (AvgIpc) is 3.08. The summed E-state index contributed by atoms with van der Waals surface area (Å²) in [6, 6.07) is 8.29. The second kappa shape index (κ2) is 5.20. The lowest BCUT2D eigenvalue weighted by Crippen LogP contribution is -2.37. The lowest BCUT2D eigenvalue weighted by molar-refractivity contribution is 0.707. The highest BCUT2D eigenvalue weighted by atomic mass is 16.2. The Morgan fingerprint density at radius 3 is 2.56 bits per heavy atom. The quantitative estimate of drug-likeness (QED) is 0.555. The Morgan fingerprint density at radius 2 is 1.84 bits per heavy atom. The summed E-state index contributed by atoms with van der Waals surface area (Å²) in [5.41, 5.74) is 3.48. The van der Waals surface area contributed by atoms with E-state index < -0.39 is 0 Å². The number of hydrogen-bond donors (Lipinski definition) is 0. The van der Waals surface area contributed by atoms with Crippen LogP contribution >= 0.6 is 0 Å². The lowest BCUT2D eigenvalue weighted by Gasteiger charge is -2.07. The Morgan fingerprint density at radius 1 is 1.08 bits per heavy atom. The summed E-state index contributed by atoms with van der Waals surface area (Å²) in [5.74, 6) is 0.660. The van der Waals surface area contributed by atoms with Crippen LogP contribution in [0.15, 0.2) is 40.1 Å². The summed E-state index contributed by atoms with van der Waals surface area (Å²) in [4.78, 5) is 29.3. The molecule has 0 bridgehead atoms. The summed E-state index contributed by atoms with van der Waals surface area (Å²) in [6.07, 6.45) is 1.90. The molecule has 0 aliphatic rings. The van der Waals surface area contributed by atoms with Gasteiger partial charge in [-0.3, -0.25) is 18.3 Å². The maximum absolute atomic E-state index is 12.6. The van der Waals surface area contributed by atoms with Crippen molar-refractivity contribution in [2.24, 2.45) is 14.1 Å². The van der Waals surface area contributed by atoms with E-state index in [-0.39, 0.29) is 11.2 Å². The highest BCUT2D eigenvalue weighted by molar-refractivity contribution is 5.75. The highest BCUT2D eigenvalue weighted by Crippen LogP contribution is 2.18. The molecule has 4 aromatic rings. The molecule has 3 aromatic heterocycles. The third-order valence-electron chi connectivity index (χ3n) is 4.68. The van der Waals surface area contributed by atoms with E-state index in [4.69, 9.17) is 0 Å². The van der Waals surface area contributed by atoms with E-state index in [0.717, 1.165) is 15.8 Å². The second-order valence-corrected chi connectivity index (χ2v) is 6.51. The van der Waals surface area contributed by atoms with Crippen LogP contribution in [0.4, 0.5) is 0 Å². The summed E-state index contributed by atoms with van der Waals surface area (Å²) >= 11 is 0. The number of benzene rings is 1. The molecule has 0 unspecified atom stereocenters. The van der Waals surface area contributed by atoms with Crippen LogP contribution in [0.1, 0.15) is 16.8 Å². The van der Waals surface area contributed by atoms with Gasteiger partial charge in [-0.1, -0.05) is 29.8 Å². The van der Waals surface area contributed by atoms with Crippen LogP contribution in [0.3, 0.4) is 0 Å². The van der Waals surface area contributed by atoms with Crippen molar-refractivity contribution < 1.29 is 0 Å². The van der Waals surface area contributed by atoms with Crippen molar-refractivity contribution >= 4 is 16.9 Å². The third-order valence-corrected chi connectivity index (χ3v) is 4.68. The van der Waals surface area contributed by atoms with Crippen molar-refractivity contribution in [2.75, 3.05) is 0 Å². The molecule has 0 radical (unpaired) electrons. The van der Waals surface area contributed by atoms with Gasteiger partial charge in [-0.25, -0.2) is 4.79 Å². The van der Waals surface area contributed by atoms with Gasteiger partial charge in [0, 0.05) is 26.0 Å². The van der Waals surface area contributed by atoms with Gasteiger partial charge in [0.25, 0.3) is 5.56 Å². The van der Waals surface area contributed by atoms with E-state index >= 15 is 0 Å². The molecule has 0 saturated carbocycles. The largest absolute Gasteiger partial charge is 0.332 e. The van der Waals surface area contributed by atoms with Crippen LogP contribution in [0.25, 0.3) is 16.9 Å². The Bertz CT molecular complexity index is 1250. The number of hydrogen-bond acceptors (Lipinski definition) is 3. The predicted octanol–water partition coefficient (Wildman–Crippen LogP) is 1.35. The van der Waals surface area contributed by atoms with Crippen molar-refractivity contribution in [3.05, 3.63) is 68.1 Å². The number of rotatable bonds is 2. The van der Waals surface area contributed by atoms with E-state index in [2.05, 4.69) is 34.7 Å². The molecule has 3 heterocycles. The molecule has 0 aliphatic heterocycles. The normalized spacial score (nSPS) is 11.7. The topological polar surface area (TPSA) is 66.2 Å². The molecule has 7 heteroatoms. The van der Waals surface area contributed by atoms with Gasteiger partial charge in [-0.2, -0.15) is 4.98 Å². The maximum Gasteiger partial charge on any atom is 0.332 e. The third kappa shape index (κ3) is 2.15. The fourth-order valence-corrected chi connectivity index (χ4v) is 3.32. The van der Waals surface area contributed by atoms with Crippen molar-refractivity contribution in [1.29, 1.82) is 0 Å². The molecule has 0 saturated heterocycles. The van der Waals surface area contributed by atoms with Crippen LogP contribution in [0.5, 0.6) is 0 Å². The smallest absolute Gasteiger partial charge is 0.310 e. The molecule has 0 aliphatic carbocycles. The fourth-order valence-electron chi connectivity index (χ4n) is 3.32. The second-order valence-electron chi connectivity index (χ2n) is 6.51. The van der Waals surface area contributed by atoms with Gasteiger partial charge in [0.05, 0.1) is 6.54 Å². The van der Waals surface area contributed by atoms with Crippen LogP contribution in [0.2, 0.25) is 0 Å². The van der Waals surface area contributed by atoms with Gasteiger partial charge in [-0.15, -0.1) is 0 Å². The molecule has 0 amide bonds. The Kier molecular flexibility index (Phi) is 3.21.